The van der Waals surface area contributed by atoms with Crippen LogP contribution in [0.15, 0.2) is 36.4 Å². The molecule has 1 aromatic rings. The quantitative estimate of drug-likeness (QED) is 0.616. The van der Waals surface area contributed by atoms with Crippen LogP contribution in [0.5, 0.6) is 0 Å². The molecule has 0 fully saturated rings. The predicted molar refractivity (Wildman–Crippen MR) is 84.9 cm³/mol. The van der Waals surface area contributed by atoms with Crippen LogP contribution in [-0.2, 0) is 11.0 Å². The maximum Gasteiger partial charge on any atom is 0.246 e. The molecule has 3 heteroatoms. The Morgan fingerprint density at radius 3 is 2.63 bits per heavy atom. The molecule has 0 aliphatic rings. The zero-order valence-corrected chi connectivity index (χ0v) is 13.3. The van der Waals surface area contributed by atoms with E-state index in [0.717, 1.165) is 12.6 Å². The summed E-state index contributed by atoms with van der Waals surface area (Å²) in [7, 11) is 0.0589. The molecule has 0 bridgehead atoms. The van der Waals surface area contributed by atoms with Crippen LogP contribution in [0.4, 0.5) is 0 Å². The van der Waals surface area contributed by atoms with Gasteiger partial charge in [-0.05, 0) is 44.0 Å². The SMILES string of the molecule is C=C(C)C(=O)NC(CC)c1cccc(CP(C)C)c1. The summed E-state index contributed by atoms with van der Waals surface area (Å²) in [5.41, 5.74) is 3.10. The Morgan fingerprint density at radius 1 is 1.42 bits per heavy atom. The third-order valence-corrected chi connectivity index (χ3v) is 3.95. The van der Waals surface area contributed by atoms with Crippen LogP contribution >= 0.6 is 7.92 Å². The van der Waals surface area contributed by atoms with Crippen molar-refractivity contribution in [1.82, 2.24) is 5.32 Å². The molecule has 0 radical (unpaired) electrons. The van der Waals surface area contributed by atoms with E-state index in [9.17, 15) is 4.79 Å². The van der Waals surface area contributed by atoms with Crippen molar-refractivity contribution in [3.05, 3.63) is 47.5 Å². The lowest BCUT2D eigenvalue weighted by atomic mass is 10.0. The summed E-state index contributed by atoms with van der Waals surface area (Å²) in [4.78, 5) is 11.7. The van der Waals surface area contributed by atoms with E-state index in [1.54, 1.807) is 6.92 Å². The lowest BCUT2D eigenvalue weighted by Gasteiger charge is -2.18. The minimum absolute atomic E-state index is 0.0589. The van der Waals surface area contributed by atoms with Crippen LogP contribution in [0.1, 0.15) is 37.4 Å². The molecule has 0 heterocycles. The summed E-state index contributed by atoms with van der Waals surface area (Å²) >= 11 is 0. The number of amides is 1. The first-order chi connectivity index (χ1) is 8.93. The molecule has 1 amide bonds. The van der Waals surface area contributed by atoms with Crippen molar-refractivity contribution in [2.45, 2.75) is 32.5 Å². The van der Waals surface area contributed by atoms with Gasteiger partial charge in [0, 0.05) is 5.57 Å². The first-order valence-electron chi connectivity index (χ1n) is 6.64. The topological polar surface area (TPSA) is 29.1 Å². The zero-order chi connectivity index (χ0) is 14.4. The van der Waals surface area contributed by atoms with Crippen LogP contribution < -0.4 is 5.32 Å². The fraction of sp³-hybridized carbons (Fsp3) is 0.438. The van der Waals surface area contributed by atoms with E-state index in [4.69, 9.17) is 0 Å². The standard InChI is InChI=1S/C16H24NOP/c1-6-15(17-16(18)12(2)3)14-9-7-8-13(10-14)11-19(4)5/h7-10,15H,2,6,11H2,1,3-5H3,(H,17,18). The van der Waals surface area contributed by atoms with Crippen molar-refractivity contribution in [3.63, 3.8) is 0 Å². The van der Waals surface area contributed by atoms with E-state index in [1.165, 1.54) is 11.1 Å². The lowest BCUT2D eigenvalue weighted by Crippen LogP contribution is -2.28. The molecule has 1 N–H and O–H groups in total. The summed E-state index contributed by atoms with van der Waals surface area (Å²) in [6.45, 7) is 12.1. The molecular formula is C16H24NOP. The Labute approximate surface area is 118 Å². The Morgan fingerprint density at radius 2 is 2.11 bits per heavy atom. The molecule has 2 nitrogen and oxygen atoms in total. The molecule has 0 saturated heterocycles. The smallest absolute Gasteiger partial charge is 0.246 e. The maximum absolute atomic E-state index is 11.7. The average molecular weight is 277 g/mol. The van der Waals surface area contributed by atoms with Crippen molar-refractivity contribution in [3.8, 4) is 0 Å². The van der Waals surface area contributed by atoms with Crippen LogP contribution in [0.2, 0.25) is 0 Å². The average Bonchev–Trinajstić information content (AvgIpc) is 2.34. The van der Waals surface area contributed by atoms with Gasteiger partial charge in [0.25, 0.3) is 0 Å². The summed E-state index contributed by atoms with van der Waals surface area (Å²) in [5, 5.41) is 3.03. The Balaban J connectivity index is 2.86. The number of rotatable bonds is 6. The number of nitrogens with one attached hydrogen (secondary N) is 1. The van der Waals surface area contributed by atoms with E-state index >= 15 is 0 Å². The van der Waals surface area contributed by atoms with Crippen molar-refractivity contribution in [1.29, 1.82) is 0 Å². The van der Waals surface area contributed by atoms with Gasteiger partial charge in [-0.3, -0.25) is 4.79 Å². The molecule has 19 heavy (non-hydrogen) atoms. The number of hydrogen-bond donors (Lipinski definition) is 1. The minimum atomic E-state index is -0.0644. The lowest BCUT2D eigenvalue weighted by molar-refractivity contribution is -0.118. The van der Waals surface area contributed by atoms with Crippen LogP contribution in [0.3, 0.4) is 0 Å². The van der Waals surface area contributed by atoms with Gasteiger partial charge in [0.2, 0.25) is 5.91 Å². The molecular weight excluding hydrogens is 253 g/mol. The normalized spacial score (nSPS) is 12.3. The number of benzene rings is 1. The monoisotopic (exact) mass is 277 g/mol. The molecule has 1 aromatic carbocycles. The van der Waals surface area contributed by atoms with Crippen molar-refractivity contribution < 1.29 is 4.79 Å². The van der Waals surface area contributed by atoms with Gasteiger partial charge in [-0.1, -0.05) is 37.8 Å². The number of carbonyl (C=O) groups excluding carboxylic acids is 1. The highest BCUT2D eigenvalue weighted by atomic mass is 31.1. The van der Waals surface area contributed by atoms with Gasteiger partial charge in [0.15, 0.2) is 0 Å². The highest BCUT2D eigenvalue weighted by Crippen LogP contribution is 2.31. The van der Waals surface area contributed by atoms with E-state index in [1.807, 2.05) is 0 Å². The minimum Gasteiger partial charge on any atom is -0.346 e. The van der Waals surface area contributed by atoms with Crippen molar-refractivity contribution >= 4 is 13.8 Å². The van der Waals surface area contributed by atoms with Gasteiger partial charge in [-0.2, -0.15) is 0 Å². The highest BCUT2D eigenvalue weighted by molar-refractivity contribution is 7.55. The zero-order valence-electron chi connectivity index (χ0n) is 12.4. The molecule has 0 aliphatic heterocycles. The van der Waals surface area contributed by atoms with Gasteiger partial charge in [-0.15, -0.1) is 7.92 Å². The number of hydrogen-bond acceptors (Lipinski definition) is 1. The Hall–Kier alpha value is -1.14. The fourth-order valence-electron chi connectivity index (χ4n) is 1.98. The second-order valence-electron chi connectivity index (χ2n) is 5.20. The molecule has 1 rings (SSSR count). The molecule has 0 saturated carbocycles. The molecule has 1 unspecified atom stereocenters. The highest BCUT2D eigenvalue weighted by Gasteiger charge is 2.13. The first kappa shape index (κ1) is 15.9. The summed E-state index contributed by atoms with van der Waals surface area (Å²) in [6.07, 6.45) is 2.02. The Bertz CT molecular complexity index is 454. The van der Waals surface area contributed by atoms with Crippen molar-refractivity contribution in [2.24, 2.45) is 0 Å². The summed E-state index contributed by atoms with van der Waals surface area (Å²) in [5.74, 6) is -0.0644. The molecule has 0 spiro atoms. The van der Waals surface area contributed by atoms with E-state index in [-0.39, 0.29) is 19.9 Å². The molecule has 0 aromatic heterocycles. The third-order valence-electron chi connectivity index (χ3n) is 2.95. The van der Waals surface area contributed by atoms with Crippen LogP contribution in [-0.4, -0.2) is 19.2 Å². The Kier molecular flexibility index (Phi) is 6.24. The second-order valence-corrected chi connectivity index (χ2v) is 7.67. The van der Waals surface area contributed by atoms with Gasteiger partial charge in [0.1, 0.15) is 0 Å². The fourth-order valence-corrected chi connectivity index (χ4v) is 2.90. The maximum atomic E-state index is 11.7. The largest absolute Gasteiger partial charge is 0.346 e. The molecule has 0 aliphatic carbocycles. The van der Waals surface area contributed by atoms with E-state index in [0.29, 0.717) is 5.57 Å². The van der Waals surface area contributed by atoms with Crippen molar-refractivity contribution in [2.75, 3.05) is 13.3 Å². The van der Waals surface area contributed by atoms with Gasteiger partial charge >= 0.3 is 0 Å². The van der Waals surface area contributed by atoms with Gasteiger partial charge < -0.3 is 5.32 Å². The van der Waals surface area contributed by atoms with Gasteiger partial charge in [0.05, 0.1) is 6.04 Å². The first-order valence-corrected chi connectivity index (χ1v) is 9.06. The van der Waals surface area contributed by atoms with Gasteiger partial charge in [-0.25, -0.2) is 0 Å². The number of carbonyl (C=O) groups is 1. The molecule has 104 valence electrons. The summed E-state index contributed by atoms with van der Waals surface area (Å²) < 4.78 is 0. The third kappa shape index (κ3) is 5.16. The second kappa shape index (κ2) is 7.45. The van der Waals surface area contributed by atoms with E-state index in [2.05, 4.69) is 56.4 Å². The predicted octanol–water partition coefficient (Wildman–Crippen LogP) is 4.07. The summed E-state index contributed by atoms with van der Waals surface area (Å²) in [6, 6.07) is 8.63. The molecule has 1 atom stereocenters. The van der Waals surface area contributed by atoms with Crippen LogP contribution in [0.25, 0.3) is 0 Å². The van der Waals surface area contributed by atoms with E-state index < -0.39 is 0 Å². The van der Waals surface area contributed by atoms with Crippen LogP contribution in [0, 0.1) is 0 Å².